The van der Waals surface area contributed by atoms with Gasteiger partial charge in [-0.3, -0.25) is 0 Å². The Labute approximate surface area is 128 Å². The van der Waals surface area contributed by atoms with Crippen LogP contribution in [0.15, 0.2) is 47.6 Å². The summed E-state index contributed by atoms with van der Waals surface area (Å²) in [6, 6.07) is 12.7. The molecule has 110 valence electrons. The third-order valence-electron chi connectivity index (χ3n) is 3.16. The number of amidine groups is 1. The molecule has 0 aliphatic rings. The molecule has 2 aromatic rings. The first-order valence-electron chi connectivity index (χ1n) is 6.22. The third-order valence-corrected chi connectivity index (χ3v) is 3.40. The smallest absolute Gasteiger partial charge is 0.172 e. The molecule has 5 nitrogen and oxygen atoms in total. The number of methoxy groups -OCH3 is 1. The molecule has 0 aliphatic carbocycles. The van der Waals surface area contributed by atoms with E-state index in [2.05, 4.69) is 5.16 Å². The van der Waals surface area contributed by atoms with Crippen LogP contribution >= 0.6 is 11.6 Å². The molecule has 2 aromatic carbocycles. The molecule has 0 spiro atoms. The predicted molar refractivity (Wildman–Crippen MR) is 85.0 cm³/mol. The van der Waals surface area contributed by atoms with Gasteiger partial charge in [0.1, 0.15) is 5.75 Å². The molecule has 0 aliphatic heterocycles. The van der Waals surface area contributed by atoms with Crippen molar-refractivity contribution in [3.8, 4) is 5.75 Å². The van der Waals surface area contributed by atoms with E-state index in [1.807, 2.05) is 36.2 Å². The Morgan fingerprint density at radius 2 is 1.90 bits per heavy atom. The van der Waals surface area contributed by atoms with Gasteiger partial charge in [-0.25, -0.2) is 0 Å². The summed E-state index contributed by atoms with van der Waals surface area (Å²) in [5.74, 6) is 0.803. The summed E-state index contributed by atoms with van der Waals surface area (Å²) in [5.41, 5.74) is 7.97. The Bertz CT molecular complexity index is 656. The number of anilines is 2. The van der Waals surface area contributed by atoms with Crippen molar-refractivity contribution in [3.63, 3.8) is 0 Å². The first kappa shape index (κ1) is 15.0. The van der Waals surface area contributed by atoms with Gasteiger partial charge in [0.15, 0.2) is 5.84 Å². The molecule has 0 amide bonds. The van der Waals surface area contributed by atoms with Crippen molar-refractivity contribution < 1.29 is 9.94 Å². The van der Waals surface area contributed by atoms with E-state index in [9.17, 15) is 0 Å². The number of nitrogens with two attached hydrogens (primary N) is 1. The maximum atomic E-state index is 8.90. The van der Waals surface area contributed by atoms with E-state index >= 15 is 0 Å². The molecule has 0 aromatic heterocycles. The van der Waals surface area contributed by atoms with E-state index in [1.54, 1.807) is 25.3 Å². The van der Waals surface area contributed by atoms with E-state index in [4.69, 9.17) is 27.3 Å². The summed E-state index contributed by atoms with van der Waals surface area (Å²) in [6.07, 6.45) is 0. The lowest BCUT2D eigenvalue weighted by Gasteiger charge is -2.22. The number of ether oxygens (including phenoxy) is 1. The average molecular weight is 306 g/mol. The minimum atomic E-state index is 0.0297. The molecule has 0 atom stereocenters. The van der Waals surface area contributed by atoms with E-state index in [0.717, 1.165) is 17.1 Å². The molecular weight excluding hydrogens is 290 g/mol. The lowest BCUT2D eigenvalue weighted by molar-refractivity contribution is 0.318. The normalized spacial score (nSPS) is 11.3. The molecule has 0 radical (unpaired) electrons. The third kappa shape index (κ3) is 3.20. The number of rotatable bonds is 4. The van der Waals surface area contributed by atoms with E-state index < -0.39 is 0 Å². The Morgan fingerprint density at radius 1 is 1.24 bits per heavy atom. The number of nitrogens with zero attached hydrogens (tertiary/aromatic N) is 2. The standard InChI is InChI=1S/C15H16ClN3O2/c1-19(11-4-6-12(21-2)7-5-11)14-9-10(16)3-8-13(14)15(17)18-20/h3-9,20H,1-2H3,(H2,17,18). The quantitative estimate of drug-likeness (QED) is 0.394. The molecule has 3 N–H and O–H groups in total. The van der Waals surface area contributed by atoms with Crippen LogP contribution < -0.4 is 15.4 Å². The van der Waals surface area contributed by atoms with Crippen LogP contribution in [0.1, 0.15) is 5.56 Å². The van der Waals surface area contributed by atoms with Crippen molar-refractivity contribution in [2.24, 2.45) is 10.9 Å². The van der Waals surface area contributed by atoms with E-state index in [0.29, 0.717) is 10.6 Å². The van der Waals surface area contributed by atoms with Crippen LogP contribution in [-0.4, -0.2) is 25.2 Å². The average Bonchev–Trinajstić information content (AvgIpc) is 2.53. The summed E-state index contributed by atoms with van der Waals surface area (Å²) >= 11 is 6.05. The van der Waals surface area contributed by atoms with Crippen LogP contribution in [0.5, 0.6) is 5.75 Å². The number of halogens is 1. The Balaban J connectivity index is 2.46. The molecule has 0 saturated heterocycles. The van der Waals surface area contributed by atoms with Gasteiger partial charge in [0.2, 0.25) is 0 Å². The lowest BCUT2D eigenvalue weighted by Crippen LogP contribution is -2.19. The van der Waals surface area contributed by atoms with Crippen LogP contribution in [-0.2, 0) is 0 Å². The van der Waals surface area contributed by atoms with Crippen LogP contribution in [0.4, 0.5) is 11.4 Å². The van der Waals surface area contributed by atoms with E-state index in [-0.39, 0.29) is 5.84 Å². The summed E-state index contributed by atoms with van der Waals surface area (Å²) in [4.78, 5) is 1.90. The Morgan fingerprint density at radius 3 is 2.48 bits per heavy atom. The van der Waals surface area contributed by atoms with Gasteiger partial charge in [0.05, 0.1) is 12.8 Å². The van der Waals surface area contributed by atoms with Gasteiger partial charge in [-0.05, 0) is 42.5 Å². The summed E-state index contributed by atoms with van der Waals surface area (Å²) in [7, 11) is 3.49. The highest BCUT2D eigenvalue weighted by atomic mass is 35.5. The van der Waals surface area contributed by atoms with Gasteiger partial charge >= 0.3 is 0 Å². The summed E-state index contributed by atoms with van der Waals surface area (Å²) in [6.45, 7) is 0. The second kappa shape index (κ2) is 6.37. The molecular formula is C15H16ClN3O2. The Hall–Kier alpha value is -2.40. The van der Waals surface area contributed by atoms with Gasteiger partial charge in [-0.2, -0.15) is 0 Å². The highest BCUT2D eigenvalue weighted by Crippen LogP contribution is 2.30. The van der Waals surface area contributed by atoms with Crippen molar-refractivity contribution in [2.45, 2.75) is 0 Å². The zero-order valence-corrected chi connectivity index (χ0v) is 12.5. The van der Waals surface area contributed by atoms with Crippen LogP contribution in [0.25, 0.3) is 0 Å². The fourth-order valence-corrected chi connectivity index (χ4v) is 2.16. The van der Waals surface area contributed by atoms with Crippen LogP contribution in [0, 0.1) is 0 Å². The number of benzene rings is 2. The number of hydrogen-bond donors (Lipinski definition) is 2. The van der Waals surface area contributed by atoms with Crippen LogP contribution in [0.2, 0.25) is 5.02 Å². The Kier molecular flexibility index (Phi) is 4.55. The predicted octanol–water partition coefficient (Wildman–Crippen LogP) is 3.21. The molecule has 21 heavy (non-hydrogen) atoms. The monoisotopic (exact) mass is 305 g/mol. The fraction of sp³-hybridized carbons (Fsp3) is 0.133. The number of oxime groups is 1. The largest absolute Gasteiger partial charge is 0.497 e. The highest BCUT2D eigenvalue weighted by molar-refractivity contribution is 6.31. The van der Waals surface area contributed by atoms with Gasteiger partial charge in [-0.15, -0.1) is 0 Å². The maximum Gasteiger partial charge on any atom is 0.172 e. The van der Waals surface area contributed by atoms with Crippen molar-refractivity contribution >= 4 is 28.8 Å². The minimum Gasteiger partial charge on any atom is -0.497 e. The first-order chi connectivity index (χ1) is 10.1. The van der Waals surface area contributed by atoms with Crippen molar-refractivity contribution in [3.05, 3.63) is 53.1 Å². The van der Waals surface area contributed by atoms with Crippen molar-refractivity contribution in [1.82, 2.24) is 0 Å². The van der Waals surface area contributed by atoms with Gasteiger partial charge < -0.3 is 20.6 Å². The molecule has 6 heteroatoms. The highest BCUT2D eigenvalue weighted by Gasteiger charge is 2.13. The first-order valence-corrected chi connectivity index (χ1v) is 6.60. The second-order valence-corrected chi connectivity index (χ2v) is 4.84. The second-order valence-electron chi connectivity index (χ2n) is 4.40. The van der Waals surface area contributed by atoms with Crippen LogP contribution in [0.3, 0.4) is 0 Å². The van der Waals surface area contributed by atoms with Gasteiger partial charge in [0, 0.05) is 23.3 Å². The van der Waals surface area contributed by atoms with Gasteiger partial charge in [-0.1, -0.05) is 16.8 Å². The molecule has 0 heterocycles. The maximum absolute atomic E-state index is 8.90. The molecule has 0 bridgehead atoms. The zero-order valence-electron chi connectivity index (χ0n) is 11.7. The zero-order chi connectivity index (χ0) is 15.4. The minimum absolute atomic E-state index is 0.0297. The van der Waals surface area contributed by atoms with Crippen molar-refractivity contribution in [2.75, 3.05) is 19.1 Å². The summed E-state index contributed by atoms with van der Waals surface area (Å²) < 4.78 is 5.14. The molecule has 0 fully saturated rings. The number of hydrogen-bond acceptors (Lipinski definition) is 4. The fourth-order valence-electron chi connectivity index (χ4n) is 2.00. The SMILES string of the molecule is COc1ccc(N(C)c2cc(Cl)ccc2C(N)=NO)cc1. The topological polar surface area (TPSA) is 71.1 Å². The molecule has 0 saturated carbocycles. The lowest BCUT2D eigenvalue weighted by atomic mass is 10.1. The van der Waals surface area contributed by atoms with Gasteiger partial charge in [0.25, 0.3) is 0 Å². The van der Waals surface area contributed by atoms with Crippen molar-refractivity contribution in [1.29, 1.82) is 0 Å². The molecule has 0 unspecified atom stereocenters. The van der Waals surface area contributed by atoms with E-state index in [1.165, 1.54) is 0 Å². The summed E-state index contributed by atoms with van der Waals surface area (Å²) in [5, 5.41) is 12.5. The molecule has 2 rings (SSSR count).